The monoisotopic (exact) mass is 492 g/mol. The molecule has 3 aromatic rings. The third-order valence-corrected chi connectivity index (χ3v) is 8.16. The first-order valence-electron chi connectivity index (χ1n) is 12.2. The average molecular weight is 493 g/mol. The molecule has 0 atom stereocenters. The van der Waals surface area contributed by atoms with Crippen molar-refractivity contribution in [1.29, 1.82) is 0 Å². The van der Waals surface area contributed by atoms with E-state index in [0.29, 0.717) is 17.3 Å². The van der Waals surface area contributed by atoms with Crippen molar-refractivity contribution in [1.82, 2.24) is 19.9 Å². The highest BCUT2D eigenvalue weighted by molar-refractivity contribution is 7.15. The number of piperazine rings is 1. The van der Waals surface area contributed by atoms with Gasteiger partial charge in [0.2, 0.25) is 0 Å². The Kier molecular flexibility index (Phi) is 5.89. The normalized spacial score (nSPS) is 18.3. The van der Waals surface area contributed by atoms with E-state index in [4.69, 9.17) is 4.74 Å². The summed E-state index contributed by atoms with van der Waals surface area (Å²) in [5.74, 6) is 1.76. The van der Waals surface area contributed by atoms with E-state index in [1.54, 1.807) is 17.4 Å². The molecule has 35 heavy (non-hydrogen) atoms. The fourth-order valence-electron chi connectivity index (χ4n) is 4.75. The molecule has 182 valence electrons. The van der Waals surface area contributed by atoms with E-state index in [9.17, 15) is 0 Å². The highest BCUT2D eigenvalue weighted by Crippen LogP contribution is 2.40. The van der Waals surface area contributed by atoms with Crippen LogP contribution >= 0.6 is 11.3 Å². The molecule has 0 amide bonds. The Bertz CT molecular complexity index is 1280. The van der Waals surface area contributed by atoms with Crippen molar-refractivity contribution in [3.63, 3.8) is 0 Å². The minimum absolute atomic E-state index is 0.122. The maximum atomic E-state index is 15.2. The summed E-state index contributed by atoms with van der Waals surface area (Å²) >= 11 is 1.67. The zero-order chi connectivity index (χ0) is 23.9. The van der Waals surface area contributed by atoms with Gasteiger partial charge in [-0.15, -0.1) is 11.3 Å². The Balaban J connectivity index is 1.30. The van der Waals surface area contributed by atoms with Gasteiger partial charge < -0.3 is 19.9 Å². The second-order valence-corrected chi connectivity index (χ2v) is 10.8. The fourth-order valence-corrected chi connectivity index (χ4v) is 5.75. The predicted octanol–water partition coefficient (Wildman–Crippen LogP) is 5.59. The number of fused-ring (bicyclic) bond motifs is 1. The summed E-state index contributed by atoms with van der Waals surface area (Å²) in [6.45, 7) is 5.62. The molecule has 0 spiro atoms. The summed E-state index contributed by atoms with van der Waals surface area (Å²) in [7, 11) is 2.12. The van der Waals surface area contributed by atoms with Gasteiger partial charge in [-0.05, 0) is 50.8 Å². The Morgan fingerprint density at radius 1 is 1.14 bits per heavy atom. The number of rotatable bonds is 6. The van der Waals surface area contributed by atoms with Crippen LogP contribution in [0.25, 0.3) is 6.08 Å². The summed E-state index contributed by atoms with van der Waals surface area (Å²) in [5, 5.41) is 4.14. The van der Waals surface area contributed by atoms with Crippen LogP contribution in [0.3, 0.4) is 0 Å². The number of likely N-dealkylation sites (N-methyl/N-ethyl adjacent to an activating group) is 1. The molecule has 1 aromatic carbocycles. The van der Waals surface area contributed by atoms with Gasteiger partial charge in [0.05, 0.1) is 0 Å². The van der Waals surface area contributed by atoms with Gasteiger partial charge in [-0.3, -0.25) is 0 Å². The average Bonchev–Trinajstić information content (AvgIpc) is 3.41. The smallest absolute Gasteiger partial charge is 0.326 e. The number of thiazole rings is 1. The molecule has 1 saturated heterocycles. The maximum absolute atomic E-state index is 15.2. The van der Waals surface area contributed by atoms with E-state index in [1.807, 2.05) is 31.3 Å². The van der Waals surface area contributed by atoms with Crippen molar-refractivity contribution in [3.8, 4) is 11.8 Å². The molecule has 3 heterocycles. The largest absolute Gasteiger partial charge is 0.421 e. The quantitative estimate of drug-likeness (QED) is 0.481. The van der Waals surface area contributed by atoms with E-state index in [0.717, 1.165) is 54.7 Å². The number of anilines is 3. The Hall–Kier alpha value is -3.04. The van der Waals surface area contributed by atoms with E-state index >= 15 is 4.39 Å². The molecule has 0 bridgehead atoms. The lowest BCUT2D eigenvalue weighted by Gasteiger charge is -2.33. The first-order chi connectivity index (χ1) is 17.0. The first-order valence-corrected chi connectivity index (χ1v) is 13.1. The standard InChI is InChI=1S/C26H29FN6OS/c1-16-12-18-6-7-20(24(27)19(18)13-16)34-25-29-22(14-23(31-25)33-10-8-32(2)9-11-33)30-26-28-15-21(35-26)17-4-3-5-17/h6-7,13-15,17H,3-5,8-12H2,1-2H3,(H,28,29,30,31). The molecule has 1 aliphatic heterocycles. The van der Waals surface area contributed by atoms with E-state index in [-0.39, 0.29) is 17.6 Å². The van der Waals surface area contributed by atoms with Crippen molar-refractivity contribution in [3.05, 3.63) is 51.8 Å². The topological polar surface area (TPSA) is 66.4 Å². The van der Waals surface area contributed by atoms with Gasteiger partial charge in [0.1, 0.15) is 11.6 Å². The van der Waals surface area contributed by atoms with E-state index in [1.165, 1.54) is 24.1 Å². The SMILES string of the molecule is CC1=Cc2c(ccc(Oc3nc(Nc4ncc(C5CCC5)s4)cc(N4CCN(C)CC4)n3)c2F)C1. The van der Waals surface area contributed by atoms with Gasteiger partial charge in [0.25, 0.3) is 0 Å². The maximum Gasteiger partial charge on any atom is 0.326 e. The van der Waals surface area contributed by atoms with Crippen LogP contribution in [0.15, 0.2) is 30.0 Å². The molecule has 1 N–H and O–H groups in total. The second-order valence-electron chi connectivity index (χ2n) is 9.72. The number of hydrogen-bond acceptors (Lipinski definition) is 8. The molecule has 6 rings (SSSR count). The molecule has 0 radical (unpaired) electrons. The van der Waals surface area contributed by atoms with Crippen molar-refractivity contribution < 1.29 is 9.13 Å². The molecule has 3 aliphatic rings. The van der Waals surface area contributed by atoms with E-state index in [2.05, 4.69) is 37.1 Å². The Labute approximate surface area is 208 Å². The van der Waals surface area contributed by atoms with Crippen LogP contribution in [0.4, 0.5) is 21.2 Å². The molecule has 0 unspecified atom stereocenters. The lowest BCUT2D eigenvalue weighted by atomic mass is 9.85. The lowest BCUT2D eigenvalue weighted by Crippen LogP contribution is -2.44. The fraction of sp³-hybridized carbons (Fsp3) is 0.423. The number of hydrogen-bond donors (Lipinski definition) is 1. The van der Waals surface area contributed by atoms with Gasteiger partial charge in [0, 0.05) is 48.9 Å². The molecular weight excluding hydrogens is 463 g/mol. The van der Waals surface area contributed by atoms with Crippen LogP contribution in [0.2, 0.25) is 0 Å². The number of aromatic nitrogens is 3. The molecular formula is C26H29FN6OS. The second kappa shape index (κ2) is 9.20. The van der Waals surface area contributed by atoms with Gasteiger partial charge >= 0.3 is 6.01 Å². The minimum Gasteiger partial charge on any atom is -0.421 e. The number of halogens is 1. The highest BCUT2D eigenvalue weighted by Gasteiger charge is 2.23. The zero-order valence-electron chi connectivity index (χ0n) is 20.1. The molecule has 2 aliphatic carbocycles. The highest BCUT2D eigenvalue weighted by atomic mass is 32.1. The number of nitrogens with zero attached hydrogens (tertiary/aromatic N) is 5. The molecule has 9 heteroatoms. The van der Waals surface area contributed by atoms with Crippen molar-refractivity contribution in [2.75, 3.05) is 43.4 Å². The van der Waals surface area contributed by atoms with Gasteiger partial charge in [-0.2, -0.15) is 9.97 Å². The minimum atomic E-state index is -0.368. The summed E-state index contributed by atoms with van der Waals surface area (Å²) in [6, 6.07) is 5.64. The van der Waals surface area contributed by atoms with Crippen molar-refractivity contribution in [2.45, 2.75) is 38.5 Å². The summed E-state index contributed by atoms with van der Waals surface area (Å²) in [4.78, 5) is 19.6. The Morgan fingerprint density at radius 2 is 1.97 bits per heavy atom. The summed E-state index contributed by atoms with van der Waals surface area (Å²) < 4.78 is 21.2. The third kappa shape index (κ3) is 4.62. The number of ether oxygens (including phenoxy) is 1. The molecule has 2 fully saturated rings. The predicted molar refractivity (Wildman–Crippen MR) is 138 cm³/mol. The van der Waals surface area contributed by atoms with Crippen molar-refractivity contribution in [2.24, 2.45) is 0 Å². The molecule has 7 nitrogen and oxygen atoms in total. The summed E-state index contributed by atoms with van der Waals surface area (Å²) in [5.41, 5.74) is 2.72. The first kappa shape index (κ1) is 22.4. The number of nitrogens with one attached hydrogen (secondary N) is 1. The number of benzene rings is 1. The summed E-state index contributed by atoms with van der Waals surface area (Å²) in [6.07, 6.45) is 8.39. The number of allylic oxidation sites excluding steroid dienone is 1. The van der Waals surface area contributed by atoms with E-state index < -0.39 is 0 Å². The van der Waals surface area contributed by atoms with Gasteiger partial charge in [0.15, 0.2) is 16.7 Å². The molecule has 1 saturated carbocycles. The Morgan fingerprint density at radius 3 is 2.74 bits per heavy atom. The third-order valence-electron chi connectivity index (χ3n) is 7.08. The van der Waals surface area contributed by atoms with Crippen LogP contribution < -0.4 is 15.0 Å². The van der Waals surface area contributed by atoms with Gasteiger partial charge in [-0.25, -0.2) is 9.37 Å². The van der Waals surface area contributed by atoms with Crippen LogP contribution in [-0.4, -0.2) is 53.1 Å². The van der Waals surface area contributed by atoms with Crippen molar-refractivity contribution >= 4 is 34.2 Å². The van der Waals surface area contributed by atoms with Gasteiger partial charge in [-0.1, -0.05) is 24.1 Å². The van der Waals surface area contributed by atoms with Crippen LogP contribution in [-0.2, 0) is 6.42 Å². The lowest BCUT2D eigenvalue weighted by molar-refractivity contribution is 0.311. The van der Waals surface area contributed by atoms with Crippen LogP contribution in [0.5, 0.6) is 11.8 Å². The molecule has 2 aromatic heterocycles. The van der Waals surface area contributed by atoms with Crippen LogP contribution in [0, 0.1) is 5.82 Å². The van der Waals surface area contributed by atoms with Crippen LogP contribution in [0.1, 0.15) is 48.1 Å². The zero-order valence-corrected chi connectivity index (χ0v) is 20.9.